The van der Waals surface area contributed by atoms with Crippen molar-refractivity contribution in [2.75, 3.05) is 5.73 Å². The van der Waals surface area contributed by atoms with Gasteiger partial charge in [-0.3, -0.25) is 0 Å². The van der Waals surface area contributed by atoms with Crippen molar-refractivity contribution in [3.63, 3.8) is 0 Å². The molecule has 2 aromatic rings. The first-order valence-electron chi connectivity index (χ1n) is 5.11. The van der Waals surface area contributed by atoms with Gasteiger partial charge in [0.2, 0.25) is 0 Å². The molecule has 0 fully saturated rings. The molecule has 0 aliphatic heterocycles. The number of rotatable bonds is 3. The van der Waals surface area contributed by atoms with Crippen molar-refractivity contribution in [3.05, 3.63) is 53.1 Å². The second-order valence-electron chi connectivity index (χ2n) is 3.61. The highest BCUT2D eigenvalue weighted by Gasteiger charge is 2.02. The third-order valence-electron chi connectivity index (χ3n) is 2.33. The van der Waals surface area contributed by atoms with E-state index in [2.05, 4.69) is 0 Å². The van der Waals surface area contributed by atoms with Gasteiger partial charge in [-0.1, -0.05) is 29.8 Å². The van der Waals surface area contributed by atoms with Gasteiger partial charge in [0.15, 0.2) is 0 Å². The largest absolute Gasteiger partial charge is 0.506 e. The quantitative estimate of drug-likeness (QED) is 0.649. The van der Waals surface area contributed by atoms with E-state index in [1.165, 1.54) is 0 Å². The minimum absolute atomic E-state index is 0.0604. The van der Waals surface area contributed by atoms with E-state index in [1.807, 2.05) is 12.1 Å². The molecule has 2 rings (SSSR count). The third-order valence-corrected chi connectivity index (χ3v) is 2.64. The zero-order valence-electron chi connectivity index (χ0n) is 9.06. The third kappa shape index (κ3) is 2.82. The maximum absolute atomic E-state index is 9.45. The van der Waals surface area contributed by atoms with Crippen molar-refractivity contribution in [3.8, 4) is 11.5 Å². The summed E-state index contributed by atoms with van der Waals surface area (Å²) in [6.07, 6.45) is 0. The van der Waals surface area contributed by atoms with Crippen molar-refractivity contribution < 1.29 is 9.84 Å². The van der Waals surface area contributed by atoms with Crippen LogP contribution in [0, 0.1) is 0 Å². The van der Waals surface area contributed by atoms with Gasteiger partial charge < -0.3 is 15.6 Å². The molecule has 0 amide bonds. The van der Waals surface area contributed by atoms with E-state index in [1.54, 1.807) is 30.3 Å². The molecule has 0 aromatic heterocycles. The van der Waals surface area contributed by atoms with Crippen LogP contribution in [0.2, 0.25) is 5.02 Å². The summed E-state index contributed by atoms with van der Waals surface area (Å²) in [5.74, 6) is 0.677. The number of anilines is 1. The lowest BCUT2D eigenvalue weighted by atomic mass is 10.2. The number of phenolic OH excluding ortho intramolecular Hbond substituents is 1. The first-order valence-corrected chi connectivity index (χ1v) is 5.49. The van der Waals surface area contributed by atoms with Gasteiger partial charge in [0.1, 0.15) is 18.1 Å². The number of aromatic hydroxyl groups is 1. The molecule has 2 aromatic carbocycles. The molecule has 0 saturated carbocycles. The Labute approximate surface area is 104 Å². The number of benzene rings is 2. The molecule has 0 saturated heterocycles. The van der Waals surface area contributed by atoms with Gasteiger partial charge in [-0.05, 0) is 29.8 Å². The van der Waals surface area contributed by atoms with Gasteiger partial charge >= 0.3 is 0 Å². The number of hydrogen-bond acceptors (Lipinski definition) is 3. The van der Waals surface area contributed by atoms with Gasteiger partial charge in [0.25, 0.3) is 0 Å². The van der Waals surface area contributed by atoms with Crippen LogP contribution in [0.15, 0.2) is 42.5 Å². The van der Waals surface area contributed by atoms with Crippen molar-refractivity contribution in [2.45, 2.75) is 6.61 Å². The highest BCUT2D eigenvalue weighted by Crippen LogP contribution is 2.25. The summed E-state index contributed by atoms with van der Waals surface area (Å²) in [7, 11) is 0. The van der Waals surface area contributed by atoms with Gasteiger partial charge in [0.05, 0.1) is 10.7 Å². The highest BCUT2D eigenvalue weighted by molar-refractivity contribution is 6.32. The molecule has 0 spiro atoms. The summed E-state index contributed by atoms with van der Waals surface area (Å²) >= 11 is 5.95. The Morgan fingerprint density at radius 2 is 1.94 bits per heavy atom. The monoisotopic (exact) mass is 249 g/mol. The molecule has 0 radical (unpaired) electrons. The van der Waals surface area contributed by atoms with E-state index in [0.29, 0.717) is 23.1 Å². The first-order chi connectivity index (χ1) is 8.16. The van der Waals surface area contributed by atoms with Gasteiger partial charge in [-0.15, -0.1) is 0 Å². The van der Waals surface area contributed by atoms with E-state index in [9.17, 15) is 5.11 Å². The molecule has 88 valence electrons. The van der Waals surface area contributed by atoms with E-state index in [-0.39, 0.29) is 5.75 Å². The summed E-state index contributed by atoms with van der Waals surface area (Å²) in [5, 5.41) is 10.0. The predicted molar refractivity (Wildman–Crippen MR) is 68.3 cm³/mol. The van der Waals surface area contributed by atoms with Crippen LogP contribution in [0.25, 0.3) is 0 Å². The number of hydrogen-bond donors (Lipinski definition) is 2. The Hall–Kier alpha value is -1.87. The first kappa shape index (κ1) is 11.6. The Bertz CT molecular complexity index is 529. The highest BCUT2D eigenvalue weighted by atomic mass is 35.5. The fourth-order valence-corrected chi connectivity index (χ4v) is 1.59. The van der Waals surface area contributed by atoms with Crippen LogP contribution >= 0.6 is 11.6 Å². The van der Waals surface area contributed by atoms with Gasteiger partial charge in [0, 0.05) is 0 Å². The number of nitrogen functional groups attached to an aromatic ring is 1. The SMILES string of the molecule is Nc1ccc(COc2ccccc2Cl)cc1O. The standard InChI is InChI=1S/C13H12ClNO2/c14-10-3-1-2-4-13(10)17-8-9-5-6-11(15)12(16)7-9/h1-7,16H,8,15H2. The molecule has 0 aliphatic carbocycles. The van der Waals surface area contributed by atoms with Crippen molar-refractivity contribution in [1.82, 2.24) is 0 Å². The average molecular weight is 250 g/mol. The average Bonchev–Trinajstić information content (AvgIpc) is 2.32. The molecule has 0 aliphatic rings. The zero-order valence-corrected chi connectivity index (χ0v) is 9.82. The van der Waals surface area contributed by atoms with Gasteiger partial charge in [-0.2, -0.15) is 0 Å². The molecule has 4 heteroatoms. The molecule has 0 heterocycles. The minimum atomic E-state index is 0.0604. The summed E-state index contributed by atoms with van der Waals surface area (Å²) < 4.78 is 5.53. The normalized spacial score (nSPS) is 10.2. The maximum atomic E-state index is 9.45. The number of halogens is 1. The lowest BCUT2D eigenvalue weighted by Crippen LogP contribution is -1.96. The topological polar surface area (TPSA) is 55.5 Å². The Morgan fingerprint density at radius 3 is 2.65 bits per heavy atom. The number of nitrogens with two attached hydrogens (primary N) is 1. The van der Waals surface area contributed by atoms with Crippen molar-refractivity contribution in [1.29, 1.82) is 0 Å². The Morgan fingerprint density at radius 1 is 1.18 bits per heavy atom. The van der Waals surface area contributed by atoms with E-state index >= 15 is 0 Å². The second-order valence-corrected chi connectivity index (χ2v) is 4.02. The van der Waals surface area contributed by atoms with Crippen molar-refractivity contribution in [2.24, 2.45) is 0 Å². The number of para-hydroxylation sites is 1. The van der Waals surface area contributed by atoms with E-state index < -0.39 is 0 Å². The van der Waals surface area contributed by atoms with Gasteiger partial charge in [-0.25, -0.2) is 0 Å². The molecule has 3 nitrogen and oxygen atoms in total. The van der Waals surface area contributed by atoms with E-state index in [0.717, 1.165) is 5.56 Å². The summed E-state index contributed by atoms with van der Waals surface area (Å²) in [6.45, 7) is 0.331. The zero-order chi connectivity index (χ0) is 12.3. The Balaban J connectivity index is 2.08. The molecule has 17 heavy (non-hydrogen) atoms. The number of ether oxygens (including phenoxy) is 1. The smallest absolute Gasteiger partial charge is 0.138 e. The lowest BCUT2D eigenvalue weighted by Gasteiger charge is -2.08. The van der Waals surface area contributed by atoms with Crippen LogP contribution in [0.3, 0.4) is 0 Å². The fourth-order valence-electron chi connectivity index (χ4n) is 1.40. The summed E-state index contributed by atoms with van der Waals surface area (Å²) in [5.41, 5.74) is 6.69. The molecule has 0 unspecified atom stereocenters. The van der Waals surface area contributed by atoms with Crippen molar-refractivity contribution >= 4 is 17.3 Å². The molecule has 3 N–H and O–H groups in total. The Kier molecular flexibility index (Phi) is 3.40. The molecule has 0 bridgehead atoms. The fraction of sp³-hybridized carbons (Fsp3) is 0.0769. The minimum Gasteiger partial charge on any atom is -0.506 e. The predicted octanol–water partition coefficient (Wildman–Crippen LogP) is 3.21. The summed E-state index contributed by atoms with van der Waals surface area (Å²) in [4.78, 5) is 0. The molecule has 0 atom stereocenters. The van der Waals surface area contributed by atoms with Crippen LogP contribution in [0.4, 0.5) is 5.69 Å². The summed E-state index contributed by atoms with van der Waals surface area (Å²) in [6, 6.07) is 12.3. The maximum Gasteiger partial charge on any atom is 0.138 e. The van der Waals surface area contributed by atoms with Crippen LogP contribution in [-0.2, 0) is 6.61 Å². The second kappa shape index (κ2) is 4.97. The van der Waals surface area contributed by atoms with Crippen LogP contribution < -0.4 is 10.5 Å². The molecular weight excluding hydrogens is 238 g/mol. The number of phenols is 1. The van der Waals surface area contributed by atoms with Crippen LogP contribution in [0.5, 0.6) is 11.5 Å². The van der Waals surface area contributed by atoms with Crippen LogP contribution in [0.1, 0.15) is 5.56 Å². The van der Waals surface area contributed by atoms with E-state index in [4.69, 9.17) is 22.1 Å². The molecular formula is C13H12ClNO2. The van der Waals surface area contributed by atoms with Crippen LogP contribution in [-0.4, -0.2) is 5.11 Å². The lowest BCUT2D eigenvalue weighted by molar-refractivity contribution is 0.305.